The van der Waals surface area contributed by atoms with Crippen LogP contribution in [0.15, 0.2) is 35.9 Å². The van der Waals surface area contributed by atoms with Crippen molar-refractivity contribution in [3.8, 4) is 0 Å². The lowest BCUT2D eigenvalue weighted by Crippen LogP contribution is -2.53. The summed E-state index contributed by atoms with van der Waals surface area (Å²) in [6.07, 6.45) is 7.42. The summed E-state index contributed by atoms with van der Waals surface area (Å²) in [6.45, 7) is 13.1. The number of carboxylic acids is 2. The SMILES string of the molecule is Cc1cccc(N2CCN(CC3C(=O)O[C@@H]4C[C@@]5(C)CCC[C@H](C)C5=C[C@H]34)CC2C)c1.O=C(O)C(=O)O. The Hall–Kier alpha value is -2.87. The fourth-order valence-electron chi connectivity index (χ4n) is 6.93. The molecule has 1 saturated carbocycles. The Kier molecular flexibility index (Phi) is 7.97. The zero-order valence-electron chi connectivity index (χ0n) is 22.4. The Morgan fingerprint density at radius 2 is 1.89 bits per heavy atom. The van der Waals surface area contributed by atoms with Crippen molar-refractivity contribution in [1.29, 1.82) is 0 Å². The van der Waals surface area contributed by atoms with Crippen molar-refractivity contribution < 1.29 is 29.3 Å². The van der Waals surface area contributed by atoms with E-state index in [4.69, 9.17) is 24.5 Å². The average Bonchev–Trinajstić information content (AvgIpc) is 3.11. The number of carboxylic acid groups (broad SMARTS) is 2. The molecule has 2 heterocycles. The lowest BCUT2D eigenvalue weighted by molar-refractivity contribution is -0.159. The third kappa shape index (κ3) is 5.84. The van der Waals surface area contributed by atoms with Crippen molar-refractivity contribution in [2.24, 2.45) is 23.2 Å². The van der Waals surface area contributed by atoms with Crippen LogP contribution in [0.4, 0.5) is 5.69 Å². The monoisotopic (exact) mass is 512 g/mol. The molecule has 2 aliphatic heterocycles. The second-order valence-electron chi connectivity index (χ2n) is 11.6. The number of carbonyl (C=O) groups excluding carboxylic acids is 1. The molecule has 4 aliphatic rings. The number of hydrogen-bond acceptors (Lipinski definition) is 6. The number of benzene rings is 1. The number of carbonyl (C=O) groups is 3. The Labute approximate surface area is 219 Å². The highest BCUT2D eigenvalue weighted by molar-refractivity contribution is 6.27. The van der Waals surface area contributed by atoms with Gasteiger partial charge in [-0.15, -0.1) is 0 Å². The molecule has 3 fully saturated rings. The highest BCUT2D eigenvalue weighted by atomic mass is 16.6. The zero-order chi connectivity index (χ0) is 26.9. The van der Waals surface area contributed by atoms with Crippen molar-refractivity contribution in [2.75, 3.05) is 31.1 Å². The molecule has 2 unspecified atom stereocenters. The van der Waals surface area contributed by atoms with E-state index in [2.05, 4.69) is 67.8 Å². The fraction of sp³-hybridized carbons (Fsp3) is 0.621. The van der Waals surface area contributed by atoms with E-state index in [0.717, 1.165) is 32.6 Å². The van der Waals surface area contributed by atoms with Gasteiger partial charge in [-0.05, 0) is 62.1 Å². The van der Waals surface area contributed by atoms with Crippen molar-refractivity contribution in [1.82, 2.24) is 4.90 Å². The predicted molar refractivity (Wildman–Crippen MR) is 140 cm³/mol. The molecular weight excluding hydrogens is 472 g/mol. The number of ether oxygens (including phenoxy) is 1. The molecule has 2 saturated heterocycles. The van der Waals surface area contributed by atoms with Gasteiger partial charge in [-0.25, -0.2) is 9.59 Å². The van der Waals surface area contributed by atoms with Crippen molar-refractivity contribution in [3.05, 3.63) is 41.5 Å². The molecule has 0 amide bonds. The number of aliphatic carboxylic acids is 2. The molecule has 8 heteroatoms. The summed E-state index contributed by atoms with van der Waals surface area (Å²) in [6, 6.07) is 9.24. The van der Waals surface area contributed by atoms with Crippen LogP contribution in [-0.2, 0) is 19.1 Å². The molecule has 0 radical (unpaired) electrons. The van der Waals surface area contributed by atoms with Gasteiger partial charge in [0.2, 0.25) is 0 Å². The van der Waals surface area contributed by atoms with Gasteiger partial charge in [0.15, 0.2) is 0 Å². The summed E-state index contributed by atoms with van der Waals surface area (Å²) in [7, 11) is 0. The van der Waals surface area contributed by atoms with Gasteiger partial charge in [-0.2, -0.15) is 0 Å². The molecule has 5 rings (SSSR count). The van der Waals surface area contributed by atoms with Crippen LogP contribution in [0.5, 0.6) is 0 Å². The summed E-state index contributed by atoms with van der Waals surface area (Å²) < 4.78 is 5.98. The van der Waals surface area contributed by atoms with Crippen LogP contribution in [0.3, 0.4) is 0 Å². The van der Waals surface area contributed by atoms with Crippen LogP contribution < -0.4 is 4.90 Å². The number of piperazine rings is 1. The first-order valence-corrected chi connectivity index (χ1v) is 13.4. The molecular formula is C29H40N2O6. The number of rotatable bonds is 3. The van der Waals surface area contributed by atoms with E-state index in [-0.39, 0.29) is 29.3 Å². The van der Waals surface area contributed by atoms with Crippen LogP contribution in [-0.4, -0.2) is 71.3 Å². The third-order valence-electron chi connectivity index (χ3n) is 8.76. The minimum atomic E-state index is -1.82. The molecule has 1 aromatic carbocycles. The quantitative estimate of drug-likeness (QED) is 0.356. The number of anilines is 1. The highest BCUT2D eigenvalue weighted by Crippen LogP contribution is 2.54. The van der Waals surface area contributed by atoms with Crippen LogP contribution >= 0.6 is 0 Å². The maximum Gasteiger partial charge on any atom is 0.414 e. The first-order valence-electron chi connectivity index (χ1n) is 13.4. The number of hydrogen-bond donors (Lipinski definition) is 2. The van der Waals surface area contributed by atoms with E-state index in [9.17, 15) is 4.79 Å². The van der Waals surface area contributed by atoms with Gasteiger partial charge in [0.1, 0.15) is 6.10 Å². The molecule has 1 aromatic rings. The molecule has 6 atom stereocenters. The summed E-state index contributed by atoms with van der Waals surface area (Å²) in [4.78, 5) is 36.1. The maximum atomic E-state index is 12.9. The lowest BCUT2D eigenvalue weighted by atomic mass is 9.59. The molecule has 8 nitrogen and oxygen atoms in total. The average molecular weight is 513 g/mol. The first-order chi connectivity index (χ1) is 17.5. The third-order valence-corrected chi connectivity index (χ3v) is 8.76. The van der Waals surface area contributed by atoms with Crippen LogP contribution in [0.25, 0.3) is 0 Å². The molecule has 37 heavy (non-hydrogen) atoms. The smallest absolute Gasteiger partial charge is 0.414 e. The summed E-state index contributed by atoms with van der Waals surface area (Å²) in [5, 5.41) is 14.8. The lowest BCUT2D eigenvalue weighted by Gasteiger charge is -2.46. The Morgan fingerprint density at radius 1 is 1.16 bits per heavy atom. The number of allylic oxidation sites excluding steroid dienone is 1. The summed E-state index contributed by atoms with van der Waals surface area (Å²) >= 11 is 0. The number of aryl methyl sites for hydroxylation is 1. The molecule has 0 bridgehead atoms. The molecule has 2 N–H and O–H groups in total. The standard InChI is InChI=1S/C27H38N2O2.C2H2O4/c1-18-7-5-9-21(13-18)29-12-11-28(16-20(29)3)17-23-22-14-24-19(2)8-6-10-27(24,4)15-25(22)31-26(23)30;3-1(4)2(5)6/h5,7,9,13-14,19-20,22-23,25H,6,8,10-12,15-17H2,1-4H3;(H,3,4)(H,5,6)/t19-,20?,22+,23?,25+,27+;/m0./s1. The van der Waals surface area contributed by atoms with Gasteiger partial charge >= 0.3 is 17.9 Å². The van der Waals surface area contributed by atoms with Crippen molar-refractivity contribution in [2.45, 2.75) is 65.5 Å². The topological polar surface area (TPSA) is 107 Å². The van der Waals surface area contributed by atoms with E-state index in [1.165, 1.54) is 30.5 Å². The normalized spacial score (nSPS) is 33.3. The van der Waals surface area contributed by atoms with Crippen LogP contribution in [0.1, 0.15) is 52.0 Å². The Balaban J connectivity index is 0.000000480. The zero-order valence-corrected chi connectivity index (χ0v) is 22.4. The van der Waals surface area contributed by atoms with E-state index in [1.807, 2.05) is 0 Å². The second kappa shape index (κ2) is 10.9. The largest absolute Gasteiger partial charge is 0.473 e. The molecule has 0 spiro atoms. The van der Waals surface area contributed by atoms with Crippen LogP contribution in [0.2, 0.25) is 0 Å². The summed E-state index contributed by atoms with van der Waals surface area (Å²) in [5.41, 5.74) is 4.47. The van der Waals surface area contributed by atoms with E-state index in [1.54, 1.807) is 5.57 Å². The number of fused-ring (bicyclic) bond motifs is 2. The van der Waals surface area contributed by atoms with E-state index in [0.29, 0.717) is 12.0 Å². The van der Waals surface area contributed by atoms with Crippen molar-refractivity contribution in [3.63, 3.8) is 0 Å². The van der Waals surface area contributed by atoms with Gasteiger partial charge in [-0.3, -0.25) is 9.69 Å². The van der Waals surface area contributed by atoms with Crippen LogP contribution in [0, 0.1) is 30.1 Å². The van der Waals surface area contributed by atoms with Gasteiger partial charge in [0.05, 0.1) is 5.92 Å². The predicted octanol–water partition coefficient (Wildman–Crippen LogP) is 3.98. The molecule has 202 valence electrons. The number of esters is 1. The van der Waals surface area contributed by atoms with Crippen molar-refractivity contribution >= 4 is 23.6 Å². The van der Waals surface area contributed by atoms with Gasteiger partial charge in [0, 0.05) is 43.8 Å². The molecule has 2 aliphatic carbocycles. The van der Waals surface area contributed by atoms with Gasteiger partial charge < -0.3 is 19.8 Å². The first kappa shape index (κ1) is 27.2. The Bertz CT molecular complexity index is 1060. The Morgan fingerprint density at radius 3 is 2.54 bits per heavy atom. The minimum Gasteiger partial charge on any atom is -0.473 e. The van der Waals surface area contributed by atoms with Gasteiger partial charge in [0.25, 0.3) is 0 Å². The fourth-order valence-corrected chi connectivity index (χ4v) is 6.93. The second-order valence-corrected chi connectivity index (χ2v) is 11.6. The summed E-state index contributed by atoms with van der Waals surface area (Å²) in [5.74, 6) is -2.70. The number of nitrogens with zero attached hydrogens (tertiary/aromatic N) is 2. The maximum absolute atomic E-state index is 12.9. The van der Waals surface area contributed by atoms with Gasteiger partial charge in [-0.1, -0.05) is 44.1 Å². The van der Waals surface area contributed by atoms with E-state index < -0.39 is 11.9 Å². The molecule has 0 aromatic heterocycles. The van der Waals surface area contributed by atoms with E-state index >= 15 is 0 Å². The minimum absolute atomic E-state index is 0.00565. The highest BCUT2D eigenvalue weighted by Gasteiger charge is 2.52.